The van der Waals surface area contributed by atoms with Crippen LogP contribution in [-0.2, 0) is 19.5 Å². The summed E-state index contributed by atoms with van der Waals surface area (Å²) in [5.41, 5.74) is 6.49. The molecule has 1 aliphatic rings. The lowest BCUT2D eigenvalue weighted by Crippen LogP contribution is -2.25. The van der Waals surface area contributed by atoms with Gasteiger partial charge in [0, 0.05) is 49.5 Å². The molecule has 0 aliphatic carbocycles. The van der Waals surface area contributed by atoms with Gasteiger partial charge in [-0.3, -0.25) is 4.98 Å². The monoisotopic (exact) mass is 292 g/mol. The number of benzene rings is 1. The van der Waals surface area contributed by atoms with Crippen LogP contribution in [0, 0.1) is 0 Å². The number of aromatic nitrogens is 2. The van der Waals surface area contributed by atoms with E-state index >= 15 is 0 Å². The highest BCUT2D eigenvalue weighted by Crippen LogP contribution is 2.31. The van der Waals surface area contributed by atoms with Gasteiger partial charge in [0.15, 0.2) is 0 Å². The van der Waals surface area contributed by atoms with E-state index in [2.05, 4.69) is 45.4 Å². The van der Waals surface area contributed by atoms with E-state index in [0.717, 1.165) is 26.1 Å². The maximum absolute atomic E-state index is 4.06. The van der Waals surface area contributed by atoms with Crippen molar-refractivity contribution in [3.05, 3.63) is 59.5 Å². The molecular weight excluding hydrogens is 272 g/mol. The van der Waals surface area contributed by atoms with Crippen molar-refractivity contribution < 1.29 is 0 Å². The fourth-order valence-electron chi connectivity index (χ4n) is 3.22. The number of para-hydroxylation sites is 1. The standard InChI is InChI=1S/C18H20N4/c1-22-10-7-16-15(12-22)14-3-2-4-17(18(14)21-16)20-11-13-5-8-19-9-6-13/h2-6,8-9,20-21H,7,10-12H2,1H3. The highest BCUT2D eigenvalue weighted by molar-refractivity contribution is 5.94. The van der Waals surface area contributed by atoms with E-state index in [-0.39, 0.29) is 0 Å². The number of fused-ring (bicyclic) bond motifs is 3. The normalized spacial score (nSPS) is 15.0. The third-order valence-corrected chi connectivity index (χ3v) is 4.43. The van der Waals surface area contributed by atoms with Gasteiger partial charge in [0.2, 0.25) is 0 Å². The summed E-state index contributed by atoms with van der Waals surface area (Å²) in [6, 6.07) is 10.6. The fourth-order valence-corrected chi connectivity index (χ4v) is 3.22. The van der Waals surface area contributed by atoms with Gasteiger partial charge in [-0.15, -0.1) is 0 Å². The summed E-state index contributed by atoms with van der Waals surface area (Å²) >= 11 is 0. The van der Waals surface area contributed by atoms with Gasteiger partial charge in [0.25, 0.3) is 0 Å². The number of anilines is 1. The van der Waals surface area contributed by atoms with Crippen molar-refractivity contribution in [3.8, 4) is 0 Å². The molecule has 4 rings (SSSR count). The smallest absolute Gasteiger partial charge is 0.0695 e. The molecule has 0 atom stereocenters. The number of nitrogens with zero attached hydrogens (tertiary/aromatic N) is 2. The number of H-pyrrole nitrogens is 1. The van der Waals surface area contributed by atoms with Crippen LogP contribution in [0.5, 0.6) is 0 Å². The molecular formula is C18H20N4. The first kappa shape index (κ1) is 13.3. The molecule has 2 aromatic heterocycles. The topological polar surface area (TPSA) is 44.0 Å². The quantitative estimate of drug-likeness (QED) is 0.779. The summed E-state index contributed by atoms with van der Waals surface area (Å²) in [6.07, 6.45) is 4.77. The van der Waals surface area contributed by atoms with Crippen LogP contribution in [0.2, 0.25) is 0 Å². The molecule has 22 heavy (non-hydrogen) atoms. The lowest BCUT2D eigenvalue weighted by Gasteiger charge is -2.22. The second-order valence-electron chi connectivity index (χ2n) is 6.01. The summed E-state index contributed by atoms with van der Waals surface area (Å²) in [7, 11) is 2.19. The first-order valence-electron chi connectivity index (χ1n) is 7.75. The minimum absolute atomic E-state index is 0.811. The Bertz CT molecular complexity index is 791. The van der Waals surface area contributed by atoms with E-state index in [1.807, 2.05) is 24.5 Å². The average molecular weight is 292 g/mol. The summed E-state index contributed by atoms with van der Waals surface area (Å²) in [6.45, 7) is 2.97. The van der Waals surface area contributed by atoms with Crippen molar-refractivity contribution in [3.63, 3.8) is 0 Å². The molecule has 1 aliphatic heterocycles. The van der Waals surface area contributed by atoms with Crippen LogP contribution in [0.1, 0.15) is 16.8 Å². The Morgan fingerprint density at radius 3 is 2.95 bits per heavy atom. The Balaban J connectivity index is 1.67. The van der Waals surface area contributed by atoms with E-state index in [4.69, 9.17) is 0 Å². The van der Waals surface area contributed by atoms with E-state index in [9.17, 15) is 0 Å². The van der Waals surface area contributed by atoms with E-state index < -0.39 is 0 Å². The molecule has 2 N–H and O–H groups in total. The Morgan fingerprint density at radius 2 is 2.09 bits per heavy atom. The summed E-state index contributed by atoms with van der Waals surface area (Å²) in [5, 5.41) is 4.90. The maximum atomic E-state index is 4.06. The number of rotatable bonds is 3. The van der Waals surface area contributed by atoms with Crippen LogP contribution in [-0.4, -0.2) is 28.5 Å². The zero-order valence-electron chi connectivity index (χ0n) is 12.8. The summed E-state index contributed by atoms with van der Waals surface area (Å²) in [5.74, 6) is 0. The van der Waals surface area contributed by atoms with Crippen LogP contribution in [0.15, 0.2) is 42.7 Å². The predicted octanol–water partition coefficient (Wildman–Crippen LogP) is 3.16. The van der Waals surface area contributed by atoms with E-state index in [1.165, 1.54) is 33.4 Å². The lowest BCUT2D eigenvalue weighted by atomic mass is 10.0. The van der Waals surface area contributed by atoms with Crippen molar-refractivity contribution in [2.75, 3.05) is 18.9 Å². The third kappa shape index (κ3) is 2.35. The minimum atomic E-state index is 0.811. The Labute approximate surface area is 130 Å². The molecule has 0 unspecified atom stereocenters. The van der Waals surface area contributed by atoms with Crippen molar-refractivity contribution in [1.29, 1.82) is 0 Å². The number of pyridine rings is 1. The molecule has 0 radical (unpaired) electrons. The molecule has 0 saturated heterocycles. The van der Waals surface area contributed by atoms with Crippen LogP contribution in [0.3, 0.4) is 0 Å². The molecule has 112 valence electrons. The SMILES string of the molecule is CN1CCc2[nH]c3c(NCc4ccncc4)cccc3c2C1. The lowest BCUT2D eigenvalue weighted by molar-refractivity contribution is 0.313. The molecule has 1 aromatic carbocycles. The molecule has 0 saturated carbocycles. The summed E-state index contributed by atoms with van der Waals surface area (Å²) in [4.78, 5) is 10.1. The van der Waals surface area contributed by atoms with Gasteiger partial charge in [-0.2, -0.15) is 0 Å². The Hall–Kier alpha value is -2.33. The second kappa shape index (κ2) is 5.46. The number of hydrogen-bond donors (Lipinski definition) is 2. The highest BCUT2D eigenvalue weighted by atomic mass is 15.1. The minimum Gasteiger partial charge on any atom is -0.379 e. The van der Waals surface area contributed by atoms with Gasteiger partial charge in [-0.1, -0.05) is 12.1 Å². The Morgan fingerprint density at radius 1 is 1.23 bits per heavy atom. The number of hydrogen-bond acceptors (Lipinski definition) is 3. The van der Waals surface area contributed by atoms with Gasteiger partial charge < -0.3 is 15.2 Å². The molecule has 0 bridgehead atoms. The molecule has 3 aromatic rings. The van der Waals surface area contributed by atoms with Gasteiger partial charge in [-0.25, -0.2) is 0 Å². The van der Waals surface area contributed by atoms with Gasteiger partial charge in [0.05, 0.1) is 11.2 Å². The zero-order valence-corrected chi connectivity index (χ0v) is 12.8. The van der Waals surface area contributed by atoms with E-state index in [1.54, 1.807) is 0 Å². The van der Waals surface area contributed by atoms with Gasteiger partial charge >= 0.3 is 0 Å². The molecule has 0 fully saturated rings. The number of likely N-dealkylation sites (N-methyl/N-ethyl adjacent to an activating group) is 1. The molecule has 0 amide bonds. The Kier molecular flexibility index (Phi) is 3.31. The van der Waals surface area contributed by atoms with Crippen LogP contribution in [0.25, 0.3) is 10.9 Å². The fraction of sp³-hybridized carbons (Fsp3) is 0.278. The molecule has 0 spiro atoms. The first-order chi connectivity index (χ1) is 10.8. The summed E-state index contributed by atoms with van der Waals surface area (Å²) < 4.78 is 0. The zero-order chi connectivity index (χ0) is 14.9. The van der Waals surface area contributed by atoms with Crippen LogP contribution >= 0.6 is 0 Å². The maximum Gasteiger partial charge on any atom is 0.0695 e. The molecule has 4 heteroatoms. The molecule has 3 heterocycles. The predicted molar refractivity (Wildman–Crippen MR) is 89.9 cm³/mol. The number of nitrogens with one attached hydrogen (secondary N) is 2. The van der Waals surface area contributed by atoms with Gasteiger partial charge in [0.1, 0.15) is 0 Å². The highest BCUT2D eigenvalue weighted by Gasteiger charge is 2.19. The molecule has 4 nitrogen and oxygen atoms in total. The van der Waals surface area contributed by atoms with Gasteiger partial charge in [-0.05, 0) is 36.4 Å². The van der Waals surface area contributed by atoms with Crippen molar-refractivity contribution >= 4 is 16.6 Å². The van der Waals surface area contributed by atoms with Crippen molar-refractivity contribution in [2.24, 2.45) is 0 Å². The first-order valence-corrected chi connectivity index (χ1v) is 7.75. The third-order valence-electron chi connectivity index (χ3n) is 4.43. The van der Waals surface area contributed by atoms with Crippen LogP contribution < -0.4 is 5.32 Å². The average Bonchev–Trinajstić information content (AvgIpc) is 2.92. The van der Waals surface area contributed by atoms with Crippen molar-refractivity contribution in [1.82, 2.24) is 14.9 Å². The number of aromatic amines is 1. The van der Waals surface area contributed by atoms with Crippen molar-refractivity contribution in [2.45, 2.75) is 19.5 Å². The van der Waals surface area contributed by atoms with E-state index in [0.29, 0.717) is 0 Å². The second-order valence-corrected chi connectivity index (χ2v) is 6.01. The largest absolute Gasteiger partial charge is 0.379 e. The van der Waals surface area contributed by atoms with Crippen LogP contribution in [0.4, 0.5) is 5.69 Å².